The maximum absolute atomic E-state index is 11.7. The van der Waals surface area contributed by atoms with E-state index in [1.165, 1.54) is 11.9 Å². The van der Waals surface area contributed by atoms with Crippen LogP contribution in [0.4, 0.5) is 0 Å². The van der Waals surface area contributed by atoms with Gasteiger partial charge in [-0.15, -0.1) is 0 Å². The van der Waals surface area contributed by atoms with Crippen molar-refractivity contribution in [2.24, 2.45) is 5.16 Å². The summed E-state index contributed by atoms with van der Waals surface area (Å²) < 4.78 is 0. The summed E-state index contributed by atoms with van der Waals surface area (Å²) in [7, 11) is 1.51. The smallest absolute Gasteiger partial charge is 0.353 e. The predicted octanol–water partition coefficient (Wildman–Crippen LogP) is -0.945. The molecule has 2 atom stereocenters. The summed E-state index contributed by atoms with van der Waals surface area (Å²) in [6.45, 7) is 1.72. The third kappa shape index (κ3) is 2.93. The number of carbonyl (C=O) groups is 2. The van der Waals surface area contributed by atoms with Gasteiger partial charge in [0.25, 0.3) is 5.91 Å². The molecule has 7 heteroatoms. The van der Waals surface area contributed by atoms with Gasteiger partial charge < -0.3 is 20.0 Å². The van der Waals surface area contributed by atoms with Gasteiger partial charge in [0.2, 0.25) is 6.10 Å². The van der Waals surface area contributed by atoms with Gasteiger partial charge in [-0.05, 0) is 6.92 Å². The van der Waals surface area contributed by atoms with Crippen LogP contribution >= 0.6 is 0 Å². The first-order valence-corrected chi connectivity index (χ1v) is 4.81. The quantitative estimate of drug-likeness (QED) is 0.649. The Hall–Kier alpha value is -1.63. The highest BCUT2D eigenvalue weighted by molar-refractivity contribution is 6.36. The molecule has 1 amide bonds. The van der Waals surface area contributed by atoms with Crippen LogP contribution in [0.2, 0.25) is 0 Å². The Morgan fingerprint density at radius 2 is 2.31 bits per heavy atom. The Kier molecular flexibility index (Phi) is 3.83. The Morgan fingerprint density at radius 3 is 2.75 bits per heavy atom. The fourth-order valence-corrected chi connectivity index (χ4v) is 1.37. The van der Waals surface area contributed by atoms with Crippen molar-refractivity contribution in [3.8, 4) is 0 Å². The molecule has 0 aromatic heterocycles. The SMILES string of the molecule is CC(O)CN(C)C(=O)C1CC(C(=O)O)=NO1. The number of carbonyl (C=O) groups excluding carboxylic acids is 1. The van der Waals surface area contributed by atoms with Crippen molar-refractivity contribution < 1.29 is 24.6 Å². The van der Waals surface area contributed by atoms with E-state index < -0.39 is 18.2 Å². The number of amides is 1. The molecule has 0 aliphatic carbocycles. The number of carboxylic acids is 1. The molecule has 0 saturated carbocycles. The minimum absolute atomic E-state index is 0.0433. The fraction of sp³-hybridized carbons (Fsp3) is 0.667. The molecule has 1 aliphatic rings. The number of oxime groups is 1. The zero-order chi connectivity index (χ0) is 12.3. The van der Waals surface area contributed by atoms with Gasteiger partial charge in [0.15, 0.2) is 5.71 Å². The second kappa shape index (κ2) is 4.93. The molecule has 0 saturated heterocycles. The van der Waals surface area contributed by atoms with E-state index in [0.29, 0.717) is 0 Å². The van der Waals surface area contributed by atoms with E-state index in [1.807, 2.05) is 0 Å². The van der Waals surface area contributed by atoms with E-state index in [4.69, 9.17) is 15.1 Å². The maximum atomic E-state index is 11.7. The van der Waals surface area contributed by atoms with Crippen LogP contribution < -0.4 is 0 Å². The number of nitrogens with zero attached hydrogens (tertiary/aromatic N) is 2. The molecule has 1 rings (SSSR count). The van der Waals surface area contributed by atoms with Crippen molar-refractivity contribution in [1.29, 1.82) is 0 Å². The molecular formula is C9H14N2O5. The van der Waals surface area contributed by atoms with E-state index in [2.05, 4.69) is 5.16 Å². The van der Waals surface area contributed by atoms with Crippen molar-refractivity contribution >= 4 is 17.6 Å². The highest BCUT2D eigenvalue weighted by atomic mass is 16.6. The third-order valence-corrected chi connectivity index (χ3v) is 2.11. The number of aliphatic carboxylic acids is 1. The first kappa shape index (κ1) is 12.4. The third-order valence-electron chi connectivity index (χ3n) is 2.11. The van der Waals surface area contributed by atoms with Crippen LogP contribution in [0.15, 0.2) is 5.16 Å². The lowest BCUT2D eigenvalue weighted by Crippen LogP contribution is -2.40. The van der Waals surface area contributed by atoms with Crippen molar-refractivity contribution in [2.45, 2.75) is 25.6 Å². The molecule has 0 radical (unpaired) electrons. The standard InChI is InChI=1S/C9H14N2O5/c1-5(12)4-11(2)8(13)7-3-6(9(14)15)10-16-7/h5,7,12H,3-4H2,1-2H3,(H,14,15). The highest BCUT2D eigenvalue weighted by Crippen LogP contribution is 2.13. The van der Waals surface area contributed by atoms with Gasteiger partial charge >= 0.3 is 5.97 Å². The topological polar surface area (TPSA) is 99.4 Å². The van der Waals surface area contributed by atoms with Crippen molar-refractivity contribution in [1.82, 2.24) is 4.90 Å². The van der Waals surface area contributed by atoms with Gasteiger partial charge in [-0.1, -0.05) is 5.16 Å². The molecule has 90 valence electrons. The largest absolute Gasteiger partial charge is 0.477 e. The summed E-state index contributed by atoms with van der Waals surface area (Å²) in [5, 5.41) is 21.0. The van der Waals surface area contributed by atoms with E-state index in [1.54, 1.807) is 6.92 Å². The van der Waals surface area contributed by atoms with E-state index >= 15 is 0 Å². The normalized spacial score (nSPS) is 20.9. The van der Waals surface area contributed by atoms with Gasteiger partial charge in [-0.3, -0.25) is 4.79 Å². The minimum Gasteiger partial charge on any atom is -0.477 e. The molecule has 0 aromatic rings. The lowest BCUT2D eigenvalue weighted by molar-refractivity contribution is -0.141. The lowest BCUT2D eigenvalue weighted by atomic mass is 10.1. The molecule has 2 N–H and O–H groups in total. The average molecular weight is 230 g/mol. The summed E-state index contributed by atoms with van der Waals surface area (Å²) in [6, 6.07) is 0. The predicted molar refractivity (Wildman–Crippen MR) is 53.9 cm³/mol. The summed E-state index contributed by atoms with van der Waals surface area (Å²) in [6.07, 6.45) is -1.58. The summed E-state index contributed by atoms with van der Waals surface area (Å²) >= 11 is 0. The molecule has 0 aromatic carbocycles. The van der Waals surface area contributed by atoms with Crippen LogP contribution in [-0.4, -0.2) is 58.5 Å². The molecule has 2 unspecified atom stereocenters. The number of aliphatic hydroxyl groups excluding tert-OH is 1. The number of carboxylic acid groups (broad SMARTS) is 1. The molecule has 1 aliphatic heterocycles. The number of aliphatic hydroxyl groups is 1. The fourth-order valence-electron chi connectivity index (χ4n) is 1.37. The number of likely N-dealkylation sites (N-methyl/N-ethyl adjacent to an activating group) is 1. The molecular weight excluding hydrogens is 216 g/mol. The van der Waals surface area contributed by atoms with Crippen molar-refractivity contribution in [2.75, 3.05) is 13.6 Å². The minimum atomic E-state index is -1.19. The number of rotatable bonds is 4. The molecule has 16 heavy (non-hydrogen) atoms. The van der Waals surface area contributed by atoms with Crippen molar-refractivity contribution in [3.05, 3.63) is 0 Å². The number of hydrogen-bond donors (Lipinski definition) is 2. The molecule has 7 nitrogen and oxygen atoms in total. The Morgan fingerprint density at radius 1 is 1.69 bits per heavy atom. The van der Waals surface area contributed by atoms with Crippen molar-refractivity contribution in [3.63, 3.8) is 0 Å². The van der Waals surface area contributed by atoms with Gasteiger partial charge in [0, 0.05) is 20.0 Å². The first-order chi connectivity index (χ1) is 7.41. The Bertz CT molecular complexity index is 326. The van der Waals surface area contributed by atoms with Crippen LogP contribution in [0.5, 0.6) is 0 Å². The second-order valence-corrected chi connectivity index (χ2v) is 3.71. The Labute approximate surface area is 92.3 Å². The van der Waals surface area contributed by atoms with Gasteiger partial charge in [-0.2, -0.15) is 0 Å². The second-order valence-electron chi connectivity index (χ2n) is 3.71. The van der Waals surface area contributed by atoms with Crippen LogP contribution in [0.3, 0.4) is 0 Å². The average Bonchev–Trinajstić information content (AvgIpc) is 2.64. The summed E-state index contributed by atoms with van der Waals surface area (Å²) in [5.74, 6) is -1.57. The van der Waals surface area contributed by atoms with Gasteiger partial charge in [0.05, 0.1) is 6.10 Å². The van der Waals surface area contributed by atoms with Gasteiger partial charge in [0.1, 0.15) is 0 Å². The van der Waals surface area contributed by atoms with Crippen LogP contribution in [0.25, 0.3) is 0 Å². The zero-order valence-electron chi connectivity index (χ0n) is 9.08. The van der Waals surface area contributed by atoms with Crippen LogP contribution in [-0.2, 0) is 14.4 Å². The molecule has 0 bridgehead atoms. The Balaban J connectivity index is 2.50. The number of hydrogen-bond acceptors (Lipinski definition) is 5. The van der Waals surface area contributed by atoms with E-state index in [9.17, 15) is 9.59 Å². The van der Waals surface area contributed by atoms with Crippen LogP contribution in [0.1, 0.15) is 13.3 Å². The van der Waals surface area contributed by atoms with E-state index in [-0.39, 0.29) is 24.6 Å². The molecule has 1 heterocycles. The first-order valence-electron chi connectivity index (χ1n) is 4.81. The molecule has 0 spiro atoms. The lowest BCUT2D eigenvalue weighted by Gasteiger charge is -2.20. The van der Waals surface area contributed by atoms with Gasteiger partial charge in [-0.25, -0.2) is 4.79 Å². The summed E-state index contributed by atoms with van der Waals surface area (Å²) in [5.41, 5.74) is -0.163. The summed E-state index contributed by atoms with van der Waals surface area (Å²) in [4.78, 5) is 28.2. The monoisotopic (exact) mass is 230 g/mol. The maximum Gasteiger partial charge on any atom is 0.353 e. The van der Waals surface area contributed by atoms with E-state index in [0.717, 1.165) is 0 Å². The van der Waals surface area contributed by atoms with Crippen LogP contribution in [0, 0.1) is 0 Å². The highest BCUT2D eigenvalue weighted by Gasteiger charge is 2.33. The molecule has 0 fully saturated rings. The zero-order valence-corrected chi connectivity index (χ0v) is 9.08.